The zero-order valence-corrected chi connectivity index (χ0v) is 12.3. The van der Waals surface area contributed by atoms with E-state index in [-0.39, 0.29) is 13.0 Å². The standard InChI is InChI=1S/C11H8ClFN2O3S2/c12-11-14-8-3-6(1-2-9(8)19-11)15-5-7(4-10(15)16)20(13,17)18/h1-3,7H,4-5H2. The highest BCUT2D eigenvalue weighted by atomic mass is 35.5. The number of aromatic nitrogens is 1. The number of benzene rings is 1. The summed E-state index contributed by atoms with van der Waals surface area (Å²) in [4.78, 5) is 17.2. The number of rotatable bonds is 2. The Hall–Kier alpha value is -1.25. The summed E-state index contributed by atoms with van der Waals surface area (Å²) < 4.78 is 36.0. The van der Waals surface area contributed by atoms with Crippen molar-refractivity contribution in [2.24, 2.45) is 0 Å². The van der Waals surface area contributed by atoms with Crippen LogP contribution in [0.25, 0.3) is 10.2 Å². The number of carbonyl (C=O) groups is 1. The number of thiazole rings is 1. The summed E-state index contributed by atoms with van der Waals surface area (Å²) in [5.74, 6) is -0.420. The molecule has 1 aliphatic heterocycles. The molecule has 0 N–H and O–H groups in total. The van der Waals surface area contributed by atoms with Gasteiger partial charge >= 0.3 is 10.2 Å². The van der Waals surface area contributed by atoms with Gasteiger partial charge in [-0.2, -0.15) is 8.42 Å². The van der Waals surface area contributed by atoms with E-state index in [0.717, 1.165) is 4.70 Å². The number of amides is 1. The van der Waals surface area contributed by atoms with Crippen LogP contribution < -0.4 is 4.90 Å². The molecule has 2 heterocycles. The Morgan fingerprint density at radius 1 is 1.45 bits per heavy atom. The molecule has 0 bridgehead atoms. The molecule has 1 unspecified atom stereocenters. The van der Waals surface area contributed by atoms with Gasteiger partial charge in [0, 0.05) is 18.7 Å². The molecule has 1 saturated heterocycles. The molecule has 1 aliphatic rings. The SMILES string of the molecule is O=C1CC(S(=O)(=O)F)CN1c1ccc2sc(Cl)nc2c1. The van der Waals surface area contributed by atoms with Crippen LogP contribution in [-0.4, -0.2) is 31.1 Å². The molecule has 0 saturated carbocycles. The van der Waals surface area contributed by atoms with E-state index < -0.39 is 21.4 Å². The van der Waals surface area contributed by atoms with Crippen LogP contribution in [-0.2, 0) is 15.0 Å². The third-order valence-corrected chi connectivity index (χ3v) is 5.40. The first-order valence-corrected chi connectivity index (χ1v) is 8.28. The van der Waals surface area contributed by atoms with Crippen molar-refractivity contribution in [3.63, 3.8) is 0 Å². The van der Waals surface area contributed by atoms with E-state index >= 15 is 0 Å². The van der Waals surface area contributed by atoms with Crippen molar-refractivity contribution in [2.45, 2.75) is 11.7 Å². The van der Waals surface area contributed by atoms with E-state index in [9.17, 15) is 17.1 Å². The first-order chi connectivity index (χ1) is 9.34. The summed E-state index contributed by atoms with van der Waals surface area (Å²) in [6, 6.07) is 5.06. The second-order valence-corrected chi connectivity index (χ2v) is 7.66. The minimum Gasteiger partial charge on any atom is -0.311 e. The summed E-state index contributed by atoms with van der Waals surface area (Å²) in [6.45, 7) is -0.180. The highest BCUT2D eigenvalue weighted by Crippen LogP contribution is 2.31. The molecular formula is C11H8ClFN2O3S2. The molecular weight excluding hydrogens is 327 g/mol. The fourth-order valence-electron chi connectivity index (χ4n) is 2.17. The molecule has 3 rings (SSSR count). The maximum atomic E-state index is 13.0. The zero-order valence-electron chi connectivity index (χ0n) is 9.92. The van der Waals surface area contributed by atoms with Crippen molar-refractivity contribution in [3.05, 3.63) is 22.7 Å². The van der Waals surface area contributed by atoms with Crippen LogP contribution in [0.3, 0.4) is 0 Å². The number of hydrogen-bond donors (Lipinski definition) is 0. The van der Waals surface area contributed by atoms with E-state index in [2.05, 4.69) is 4.98 Å². The molecule has 1 fully saturated rings. The van der Waals surface area contributed by atoms with Gasteiger partial charge in [-0.3, -0.25) is 4.79 Å². The first kappa shape index (κ1) is 13.7. The molecule has 0 radical (unpaired) electrons. The highest BCUT2D eigenvalue weighted by molar-refractivity contribution is 7.87. The third kappa shape index (κ3) is 2.38. The quantitative estimate of drug-likeness (QED) is 0.791. The van der Waals surface area contributed by atoms with E-state index in [1.807, 2.05) is 0 Å². The largest absolute Gasteiger partial charge is 0.311 e. The van der Waals surface area contributed by atoms with Gasteiger partial charge in [0.1, 0.15) is 5.25 Å². The summed E-state index contributed by atoms with van der Waals surface area (Å²) >= 11 is 7.11. The van der Waals surface area contributed by atoms with Gasteiger partial charge in [0.05, 0.1) is 10.2 Å². The van der Waals surface area contributed by atoms with Gasteiger partial charge in [0.25, 0.3) is 0 Å². The minimum absolute atomic E-state index is 0.180. The molecule has 5 nitrogen and oxygen atoms in total. The van der Waals surface area contributed by atoms with Crippen LogP contribution in [0.5, 0.6) is 0 Å². The maximum absolute atomic E-state index is 13.0. The molecule has 1 atom stereocenters. The second-order valence-electron chi connectivity index (χ2n) is 4.42. The average Bonchev–Trinajstić information content (AvgIpc) is 2.89. The Labute approximate surface area is 123 Å². The van der Waals surface area contributed by atoms with Crippen molar-refractivity contribution >= 4 is 55.0 Å². The predicted octanol–water partition coefficient (Wildman–Crippen LogP) is 2.35. The first-order valence-electron chi connectivity index (χ1n) is 5.64. The Kier molecular flexibility index (Phi) is 3.19. The molecule has 0 aliphatic carbocycles. The van der Waals surface area contributed by atoms with Gasteiger partial charge in [-0.25, -0.2) is 4.98 Å². The smallest absolute Gasteiger partial charge is 0.307 e. The molecule has 1 amide bonds. The Balaban J connectivity index is 1.97. The lowest BCUT2D eigenvalue weighted by Crippen LogP contribution is -2.26. The highest BCUT2D eigenvalue weighted by Gasteiger charge is 2.39. The summed E-state index contributed by atoms with van der Waals surface area (Å²) in [5, 5.41) is -1.30. The molecule has 1 aromatic carbocycles. The van der Waals surface area contributed by atoms with Crippen LogP contribution in [0.4, 0.5) is 9.57 Å². The average molecular weight is 335 g/mol. The lowest BCUT2D eigenvalue weighted by Gasteiger charge is -2.15. The summed E-state index contributed by atoms with van der Waals surface area (Å²) in [7, 11) is -4.71. The van der Waals surface area contributed by atoms with Crippen molar-refractivity contribution in [1.29, 1.82) is 0 Å². The summed E-state index contributed by atoms with van der Waals surface area (Å²) in [5.41, 5.74) is 1.12. The van der Waals surface area contributed by atoms with Crippen molar-refractivity contribution in [3.8, 4) is 0 Å². The van der Waals surface area contributed by atoms with E-state index in [1.165, 1.54) is 16.2 Å². The Morgan fingerprint density at radius 2 is 2.20 bits per heavy atom. The zero-order chi connectivity index (χ0) is 14.5. The lowest BCUT2D eigenvalue weighted by molar-refractivity contribution is -0.117. The number of anilines is 1. The maximum Gasteiger partial charge on any atom is 0.307 e. The molecule has 9 heteroatoms. The Morgan fingerprint density at radius 3 is 2.85 bits per heavy atom. The predicted molar refractivity (Wildman–Crippen MR) is 75.4 cm³/mol. The van der Waals surface area contributed by atoms with Crippen molar-refractivity contribution < 1.29 is 17.1 Å². The molecule has 0 spiro atoms. The fraction of sp³-hybridized carbons (Fsp3) is 0.273. The number of hydrogen-bond acceptors (Lipinski definition) is 5. The van der Waals surface area contributed by atoms with Gasteiger partial charge in [-0.1, -0.05) is 11.6 Å². The topological polar surface area (TPSA) is 67.3 Å². The molecule has 106 valence electrons. The van der Waals surface area contributed by atoms with Gasteiger partial charge in [-0.05, 0) is 18.2 Å². The van der Waals surface area contributed by atoms with Gasteiger partial charge in [0.15, 0.2) is 4.47 Å². The number of halogens is 2. The number of fused-ring (bicyclic) bond motifs is 1. The molecule has 20 heavy (non-hydrogen) atoms. The van der Waals surface area contributed by atoms with Crippen LogP contribution in [0.15, 0.2) is 18.2 Å². The van der Waals surface area contributed by atoms with Crippen LogP contribution in [0.1, 0.15) is 6.42 Å². The van der Waals surface area contributed by atoms with E-state index in [0.29, 0.717) is 15.7 Å². The Bertz CT molecular complexity index is 805. The number of carbonyl (C=O) groups excluding carboxylic acids is 1. The van der Waals surface area contributed by atoms with Crippen LogP contribution in [0.2, 0.25) is 4.47 Å². The van der Waals surface area contributed by atoms with E-state index in [4.69, 9.17) is 11.6 Å². The third-order valence-electron chi connectivity index (χ3n) is 3.14. The van der Waals surface area contributed by atoms with Gasteiger partial charge in [0.2, 0.25) is 5.91 Å². The monoisotopic (exact) mass is 334 g/mol. The lowest BCUT2D eigenvalue weighted by atomic mass is 10.3. The second kappa shape index (κ2) is 4.64. The molecule has 1 aromatic heterocycles. The van der Waals surface area contributed by atoms with Crippen molar-refractivity contribution in [1.82, 2.24) is 4.98 Å². The van der Waals surface area contributed by atoms with Crippen molar-refractivity contribution in [2.75, 3.05) is 11.4 Å². The summed E-state index contributed by atoms with van der Waals surface area (Å²) in [6.07, 6.45) is -0.339. The normalized spacial score (nSPS) is 20.0. The van der Waals surface area contributed by atoms with Crippen LogP contribution in [0, 0.1) is 0 Å². The van der Waals surface area contributed by atoms with Gasteiger partial charge in [-0.15, -0.1) is 15.2 Å². The van der Waals surface area contributed by atoms with Crippen LogP contribution >= 0.6 is 22.9 Å². The van der Waals surface area contributed by atoms with Gasteiger partial charge < -0.3 is 4.90 Å². The minimum atomic E-state index is -4.71. The number of nitrogens with zero attached hydrogens (tertiary/aromatic N) is 2. The fourth-order valence-corrected chi connectivity index (χ4v) is 3.85. The molecule has 2 aromatic rings. The van der Waals surface area contributed by atoms with E-state index in [1.54, 1.807) is 18.2 Å².